The largest absolute Gasteiger partial charge is 0.495 e. The third kappa shape index (κ3) is 1.77. The molecule has 5 nitrogen and oxygen atoms in total. The molecule has 2 aromatic rings. The number of hydrogen-bond donors (Lipinski definition) is 1. The lowest BCUT2D eigenvalue weighted by atomic mass is 10.1. The second-order valence-corrected chi connectivity index (χ2v) is 3.40. The SMILES string of the molecule is COc1cnccc1C(O)c1ccnn1C. The summed E-state index contributed by atoms with van der Waals surface area (Å²) in [5, 5.41) is 14.2. The molecule has 2 heterocycles. The van der Waals surface area contributed by atoms with E-state index in [4.69, 9.17) is 4.74 Å². The summed E-state index contributed by atoms with van der Waals surface area (Å²) in [7, 11) is 3.34. The van der Waals surface area contributed by atoms with Gasteiger partial charge in [-0.15, -0.1) is 0 Å². The van der Waals surface area contributed by atoms with E-state index in [1.54, 1.807) is 49.6 Å². The molecular formula is C11H13N3O2. The first-order valence-corrected chi connectivity index (χ1v) is 4.88. The highest BCUT2D eigenvalue weighted by Gasteiger charge is 2.17. The van der Waals surface area contributed by atoms with Crippen molar-refractivity contribution < 1.29 is 9.84 Å². The number of aromatic nitrogens is 3. The summed E-state index contributed by atoms with van der Waals surface area (Å²) in [6.07, 6.45) is 4.09. The molecule has 0 saturated carbocycles. The van der Waals surface area contributed by atoms with Crippen LogP contribution in [0.5, 0.6) is 5.75 Å². The number of aliphatic hydroxyl groups excluding tert-OH is 1. The van der Waals surface area contributed by atoms with Crippen LogP contribution in [0, 0.1) is 0 Å². The number of aliphatic hydroxyl groups is 1. The van der Waals surface area contributed by atoms with Gasteiger partial charge >= 0.3 is 0 Å². The summed E-state index contributed by atoms with van der Waals surface area (Å²) in [5.41, 5.74) is 1.39. The molecule has 2 rings (SSSR count). The molecule has 0 aliphatic carbocycles. The zero-order valence-corrected chi connectivity index (χ0v) is 9.16. The van der Waals surface area contributed by atoms with E-state index in [1.807, 2.05) is 0 Å². The number of aryl methyl sites for hydroxylation is 1. The lowest BCUT2D eigenvalue weighted by Crippen LogP contribution is -2.08. The van der Waals surface area contributed by atoms with Gasteiger partial charge in [-0.05, 0) is 12.1 Å². The van der Waals surface area contributed by atoms with Crippen LogP contribution < -0.4 is 4.74 Å². The molecule has 0 aromatic carbocycles. The minimum absolute atomic E-state index is 0.566. The van der Waals surface area contributed by atoms with Crippen molar-refractivity contribution in [1.29, 1.82) is 0 Å². The highest BCUT2D eigenvalue weighted by molar-refractivity contribution is 5.35. The molecule has 0 amide bonds. The number of nitrogens with zero attached hydrogens (tertiary/aromatic N) is 3. The van der Waals surface area contributed by atoms with Gasteiger partial charge in [0.05, 0.1) is 19.0 Å². The zero-order valence-electron chi connectivity index (χ0n) is 9.16. The molecule has 16 heavy (non-hydrogen) atoms. The molecule has 0 aliphatic heterocycles. The van der Waals surface area contributed by atoms with E-state index in [-0.39, 0.29) is 0 Å². The Hall–Kier alpha value is -1.88. The summed E-state index contributed by atoms with van der Waals surface area (Å²) in [6.45, 7) is 0. The van der Waals surface area contributed by atoms with Crippen molar-refractivity contribution in [3.8, 4) is 5.75 Å². The monoisotopic (exact) mass is 219 g/mol. The van der Waals surface area contributed by atoms with Gasteiger partial charge < -0.3 is 9.84 Å². The van der Waals surface area contributed by atoms with E-state index in [9.17, 15) is 5.11 Å². The van der Waals surface area contributed by atoms with Crippen molar-refractivity contribution in [2.24, 2.45) is 7.05 Å². The van der Waals surface area contributed by atoms with Gasteiger partial charge in [-0.25, -0.2) is 0 Å². The number of hydrogen-bond acceptors (Lipinski definition) is 4. The number of ether oxygens (including phenoxy) is 1. The molecule has 2 aromatic heterocycles. The van der Waals surface area contributed by atoms with E-state index >= 15 is 0 Å². The van der Waals surface area contributed by atoms with E-state index in [2.05, 4.69) is 10.1 Å². The maximum absolute atomic E-state index is 10.2. The zero-order chi connectivity index (χ0) is 11.5. The van der Waals surface area contributed by atoms with Crippen LogP contribution in [0.3, 0.4) is 0 Å². The van der Waals surface area contributed by atoms with Crippen LogP contribution >= 0.6 is 0 Å². The fourth-order valence-electron chi connectivity index (χ4n) is 1.60. The Morgan fingerprint density at radius 1 is 1.38 bits per heavy atom. The van der Waals surface area contributed by atoms with Crippen LogP contribution in [0.15, 0.2) is 30.7 Å². The van der Waals surface area contributed by atoms with Gasteiger partial charge in [0.2, 0.25) is 0 Å². The normalized spacial score (nSPS) is 12.4. The molecule has 0 radical (unpaired) electrons. The van der Waals surface area contributed by atoms with Gasteiger partial charge in [-0.3, -0.25) is 9.67 Å². The molecule has 0 spiro atoms. The lowest BCUT2D eigenvalue weighted by molar-refractivity contribution is 0.204. The molecule has 1 atom stereocenters. The first kappa shape index (κ1) is 10.6. The number of methoxy groups -OCH3 is 1. The van der Waals surface area contributed by atoms with Gasteiger partial charge in [0.1, 0.15) is 11.9 Å². The summed E-state index contributed by atoms with van der Waals surface area (Å²) in [4.78, 5) is 3.94. The van der Waals surface area contributed by atoms with Crippen LogP contribution in [-0.4, -0.2) is 27.0 Å². The Bertz CT molecular complexity index is 482. The smallest absolute Gasteiger partial charge is 0.143 e. The fourth-order valence-corrected chi connectivity index (χ4v) is 1.60. The Morgan fingerprint density at radius 2 is 2.19 bits per heavy atom. The van der Waals surface area contributed by atoms with Gasteiger partial charge in [0.15, 0.2) is 0 Å². The lowest BCUT2D eigenvalue weighted by Gasteiger charge is -2.14. The van der Waals surface area contributed by atoms with E-state index in [0.717, 1.165) is 0 Å². The van der Waals surface area contributed by atoms with Crippen molar-refractivity contribution in [3.63, 3.8) is 0 Å². The predicted molar refractivity (Wildman–Crippen MR) is 58.1 cm³/mol. The van der Waals surface area contributed by atoms with Crippen LogP contribution in [0.1, 0.15) is 17.4 Å². The molecule has 84 valence electrons. The minimum atomic E-state index is -0.759. The topological polar surface area (TPSA) is 60.2 Å². The van der Waals surface area contributed by atoms with Crippen molar-refractivity contribution in [2.75, 3.05) is 7.11 Å². The molecule has 0 bridgehead atoms. The summed E-state index contributed by atoms with van der Waals surface area (Å²) in [5.74, 6) is 0.566. The van der Waals surface area contributed by atoms with E-state index in [1.165, 1.54) is 0 Å². The minimum Gasteiger partial charge on any atom is -0.495 e. The van der Waals surface area contributed by atoms with E-state index in [0.29, 0.717) is 17.0 Å². The Kier molecular flexibility index (Phi) is 2.87. The van der Waals surface area contributed by atoms with Gasteiger partial charge in [0, 0.05) is 25.0 Å². The van der Waals surface area contributed by atoms with Crippen molar-refractivity contribution in [2.45, 2.75) is 6.10 Å². The maximum Gasteiger partial charge on any atom is 0.143 e. The van der Waals surface area contributed by atoms with Gasteiger partial charge in [-0.2, -0.15) is 5.10 Å². The molecule has 0 aliphatic rings. The third-order valence-corrected chi connectivity index (χ3v) is 2.47. The standard InChI is InChI=1S/C11H13N3O2/c1-14-9(4-6-13-14)11(15)8-3-5-12-7-10(8)16-2/h3-7,11,15H,1-2H3. The van der Waals surface area contributed by atoms with Crippen molar-refractivity contribution in [3.05, 3.63) is 42.0 Å². The molecule has 1 N–H and O–H groups in total. The average Bonchev–Trinajstić information content (AvgIpc) is 2.74. The van der Waals surface area contributed by atoms with Crippen LogP contribution in [0.25, 0.3) is 0 Å². The maximum atomic E-state index is 10.2. The van der Waals surface area contributed by atoms with Crippen LogP contribution in [0.4, 0.5) is 0 Å². The highest BCUT2D eigenvalue weighted by atomic mass is 16.5. The quantitative estimate of drug-likeness (QED) is 0.833. The van der Waals surface area contributed by atoms with Crippen LogP contribution in [-0.2, 0) is 7.05 Å². The Balaban J connectivity index is 2.41. The van der Waals surface area contributed by atoms with Gasteiger partial charge in [-0.1, -0.05) is 0 Å². The number of rotatable bonds is 3. The van der Waals surface area contributed by atoms with Gasteiger partial charge in [0.25, 0.3) is 0 Å². The molecule has 0 saturated heterocycles. The summed E-state index contributed by atoms with van der Waals surface area (Å²) >= 11 is 0. The second kappa shape index (κ2) is 4.32. The Labute approximate surface area is 93.3 Å². The number of pyridine rings is 1. The Morgan fingerprint density at radius 3 is 2.81 bits per heavy atom. The first-order chi connectivity index (χ1) is 7.74. The summed E-state index contributed by atoms with van der Waals surface area (Å²) < 4.78 is 6.78. The molecule has 0 fully saturated rings. The molecule has 5 heteroatoms. The average molecular weight is 219 g/mol. The van der Waals surface area contributed by atoms with Crippen molar-refractivity contribution in [1.82, 2.24) is 14.8 Å². The molecule has 1 unspecified atom stereocenters. The second-order valence-electron chi connectivity index (χ2n) is 3.40. The highest BCUT2D eigenvalue weighted by Crippen LogP contribution is 2.28. The van der Waals surface area contributed by atoms with Crippen LogP contribution in [0.2, 0.25) is 0 Å². The molecular weight excluding hydrogens is 206 g/mol. The fraction of sp³-hybridized carbons (Fsp3) is 0.273. The first-order valence-electron chi connectivity index (χ1n) is 4.88. The van der Waals surface area contributed by atoms with E-state index < -0.39 is 6.10 Å². The summed E-state index contributed by atoms with van der Waals surface area (Å²) in [6, 6.07) is 3.50. The van der Waals surface area contributed by atoms with Crippen molar-refractivity contribution >= 4 is 0 Å². The third-order valence-electron chi connectivity index (χ3n) is 2.47. The predicted octanol–water partition coefficient (Wildman–Crippen LogP) is 0.905.